The fourth-order valence-corrected chi connectivity index (χ4v) is 1.84. The standard InChI is InChI=1S/C11H22N2O2/c1-9(2)15-11(14)13-7-5-10(6-8-13)12(3)4/h9-10H,5-8H2,1-4H3. The summed E-state index contributed by atoms with van der Waals surface area (Å²) in [5.41, 5.74) is 0. The number of piperidine rings is 1. The molecule has 1 saturated heterocycles. The molecule has 15 heavy (non-hydrogen) atoms. The second kappa shape index (κ2) is 5.35. The highest BCUT2D eigenvalue weighted by Gasteiger charge is 2.24. The van der Waals surface area contributed by atoms with Crippen molar-refractivity contribution in [1.29, 1.82) is 0 Å². The summed E-state index contributed by atoms with van der Waals surface area (Å²) < 4.78 is 5.16. The monoisotopic (exact) mass is 214 g/mol. The van der Waals surface area contributed by atoms with E-state index in [9.17, 15) is 4.79 Å². The number of rotatable bonds is 2. The fourth-order valence-electron chi connectivity index (χ4n) is 1.84. The maximum Gasteiger partial charge on any atom is 0.410 e. The van der Waals surface area contributed by atoms with Gasteiger partial charge in [0.05, 0.1) is 6.10 Å². The van der Waals surface area contributed by atoms with Gasteiger partial charge in [-0.1, -0.05) is 0 Å². The molecule has 4 nitrogen and oxygen atoms in total. The van der Waals surface area contributed by atoms with Crippen LogP contribution in [0.4, 0.5) is 4.79 Å². The molecule has 1 amide bonds. The van der Waals surface area contributed by atoms with Gasteiger partial charge in [-0.3, -0.25) is 0 Å². The van der Waals surface area contributed by atoms with Crippen LogP contribution in [-0.4, -0.2) is 55.2 Å². The molecule has 1 fully saturated rings. The van der Waals surface area contributed by atoms with Gasteiger partial charge in [-0.25, -0.2) is 4.79 Å². The normalized spacial score (nSPS) is 18.7. The lowest BCUT2D eigenvalue weighted by molar-refractivity contribution is 0.0612. The van der Waals surface area contributed by atoms with Crippen molar-refractivity contribution in [2.75, 3.05) is 27.2 Å². The Morgan fingerprint density at radius 1 is 1.33 bits per heavy atom. The minimum absolute atomic E-state index is 0.0240. The molecule has 1 heterocycles. The zero-order valence-electron chi connectivity index (χ0n) is 10.2. The zero-order valence-corrected chi connectivity index (χ0v) is 10.2. The third-order valence-electron chi connectivity index (χ3n) is 2.79. The molecule has 0 radical (unpaired) electrons. The molecule has 0 saturated carbocycles. The van der Waals surface area contributed by atoms with Gasteiger partial charge in [0, 0.05) is 19.1 Å². The van der Waals surface area contributed by atoms with Crippen molar-refractivity contribution < 1.29 is 9.53 Å². The van der Waals surface area contributed by atoms with Crippen molar-refractivity contribution in [3.8, 4) is 0 Å². The molecule has 0 aromatic heterocycles. The van der Waals surface area contributed by atoms with E-state index >= 15 is 0 Å². The Morgan fingerprint density at radius 3 is 2.27 bits per heavy atom. The Morgan fingerprint density at radius 2 is 1.87 bits per heavy atom. The molecule has 0 aromatic rings. The number of ether oxygens (including phenoxy) is 1. The second-order valence-electron chi connectivity index (χ2n) is 4.61. The average molecular weight is 214 g/mol. The largest absolute Gasteiger partial charge is 0.447 e. The third-order valence-corrected chi connectivity index (χ3v) is 2.79. The third kappa shape index (κ3) is 3.70. The van der Waals surface area contributed by atoms with Crippen LogP contribution in [-0.2, 0) is 4.74 Å². The first-order chi connectivity index (χ1) is 7.00. The zero-order chi connectivity index (χ0) is 11.4. The number of hydrogen-bond acceptors (Lipinski definition) is 3. The van der Waals surface area contributed by atoms with Crippen molar-refractivity contribution in [2.45, 2.75) is 38.8 Å². The van der Waals surface area contributed by atoms with Crippen LogP contribution in [0.5, 0.6) is 0 Å². The van der Waals surface area contributed by atoms with E-state index in [4.69, 9.17) is 4.74 Å². The van der Waals surface area contributed by atoms with Crippen LogP contribution >= 0.6 is 0 Å². The first-order valence-electron chi connectivity index (χ1n) is 5.62. The van der Waals surface area contributed by atoms with Crippen molar-refractivity contribution in [1.82, 2.24) is 9.80 Å². The molecule has 4 heteroatoms. The van der Waals surface area contributed by atoms with E-state index in [1.54, 1.807) is 4.90 Å². The van der Waals surface area contributed by atoms with E-state index in [0.717, 1.165) is 25.9 Å². The van der Waals surface area contributed by atoms with Gasteiger partial charge in [0.1, 0.15) is 0 Å². The van der Waals surface area contributed by atoms with Crippen LogP contribution in [0.15, 0.2) is 0 Å². The average Bonchev–Trinajstić information content (AvgIpc) is 2.17. The molecule has 88 valence electrons. The molecule has 0 aliphatic carbocycles. The van der Waals surface area contributed by atoms with Gasteiger partial charge in [0.25, 0.3) is 0 Å². The van der Waals surface area contributed by atoms with Crippen LogP contribution < -0.4 is 0 Å². The van der Waals surface area contributed by atoms with Crippen molar-refractivity contribution in [3.05, 3.63) is 0 Å². The van der Waals surface area contributed by atoms with Gasteiger partial charge in [0.15, 0.2) is 0 Å². The van der Waals surface area contributed by atoms with Gasteiger partial charge in [-0.2, -0.15) is 0 Å². The number of nitrogens with zero attached hydrogens (tertiary/aromatic N) is 2. The summed E-state index contributed by atoms with van der Waals surface area (Å²) in [5, 5.41) is 0. The molecule has 0 bridgehead atoms. The Hall–Kier alpha value is -0.770. The van der Waals surface area contributed by atoms with E-state index in [-0.39, 0.29) is 12.2 Å². The summed E-state index contributed by atoms with van der Waals surface area (Å²) in [7, 11) is 4.18. The molecule has 0 unspecified atom stereocenters. The van der Waals surface area contributed by atoms with Crippen molar-refractivity contribution >= 4 is 6.09 Å². The minimum atomic E-state index is -0.165. The number of carbonyl (C=O) groups excluding carboxylic acids is 1. The summed E-state index contributed by atoms with van der Waals surface area (Å²) in [6.45, 7) is 5.39. The lowest BCUT2D eigenvalue weighted by atomic mass is 10.0. The number of likely N-dealkylation sites (tertiary alicyclic amines) is 1. The Kier molecular flexibility index (Phi) is 4.39. The summed E-state index contributed by atoms with van der Waals surface area (Å²) in [5.74, 6) is 0. The number of hydrogen-bond donors (Lipinski definition) is 0. The van der Waals surface area contributed by atoms with Crippen LogP contribution in [0.25, 0.3) is 0 Å². The second-order valence-corrected chi connectivity index (χ2v) is 4.61. The van der Waals surface area contributed by atoms with Crippen LogP contribution in [0.1, 0.15) is 26.7 Å². The number of carbonyl (C=O) groups is 1. The predicted molar refractivity (Wildman–Crippen MR) is 59.9 cm³/mol. The van der Waals surface area contributed by atoms with Crippen LogP contribution in [0.2, 0.25) is 0 Å². The molecule has 0 spiro atoms. The maximum absolute atomic E-state index is 11.6. The Bertz CT molecular complexity index is 209. The Labute approximate surface area is 92.2 Å². The molecule has 0 aromatic carbocycles. The van der Waals surface area contributed by atoms with Crippen molar-refractivity contribution in [2.24, 2.45) is 0 Å². The molecule has 1 aliphatic rings. The van der Waals surface area contributed by atoms with Gasteiger partial charge in [-0.15, -0.1) is 0 Å². The van der Waals surface area contributed by atoms with E-state index in [1.165, 1.54) is 0 Å². The molecule has 1 aliphatic heterocycles. The smallest absolute Gasteiger partial charge is 0.410 e. The lowest BCUT2D eigenvalue weighted by Gasteiger charge is -2.34. The fraction of sp³-hybridized carbons (Fsp3) is 0.909. The van der Waals surface area contributed by atoms with Gasteiger partial charge in [-0.05, 0) is 40.8 Å². The Balaban J connectivity index is 2.34. The predicted octanol–water partition coefficient (Wildman–Crippen LogP) is 1.56. The molecule has 1 rings (SSSR count). The summed E-state index contributed by atoms with van der Waals surface area (Å²) in [6.07, 6.45) is 1.90. The highest BCUT2D eigenvalue weighted by molar-refractivity contribution is 5.67. The quantitative estimate of drug-likeness (QED) is 0.699. The van der Waals surface area contributed by atoms with Crippen molar-refractivity contribution in [3.63, 3.8) is 0 Å². The summed E-state index contributed by atoms with van der Waals surface area (Å²) >= 11 is 0. The van der Waals surface area contributed by atoms with Gasteiger partial charge >= 0.3 is 6.09 Å². The molecule has 0 atom stereocenters. The van der Waals surface area contributed by atoms with Crippen LogP contribution in [0, 0.1) is 0 Å². The SMILES string of the molecule is CC(C)OC(=O)N1CCC(N(C)C)CC1. The summed E-state index contributed by atoms with van der Waals surface area (Å²) in [4.78, 5) is 15.6. The van der Waals surface area contributed by atoms with Gasteiger partial charge < -0.3 is 14.5 Å². The molecule has 0 N–H and O–H groups in total. The highest BCUT2D eigenvalue weighted by atomic mass is 16.6. The topological polar surface area (TPSA) is 32.8 Å². The molecular weight excluding hydrogens is 192 g/mol. The van der Waals surface area contributed by atoms with Gasteiger partial charge in [0.2, 0.25) is 0 Å². The maximum atomic E-state index is 11.6. The van der Waals surface area contributed by atoms with Crippen LogP contribution in [0.3, 0.4) is 0 Å². The summed E-state index contributed by atoms with van der Waals surface area (Å²) in [6, 6.07) is 0.605. The highest BCUT2D eigenvalue weighted by Crippen LogP contribution is 2.15. The van der Waals surface area contributed by atoms with E-state index in [0.29, 0.717) is 6.04 Å². The van der Waals surface area contributed by atoms with E-state index in [1.807, 2.05) is 13.8 Å². The van der Waals surface area contributed by atoms with E-state index < -0.39 is 0 Å². The first-order valence-corrected chi connectivity index (χ1v) is 5.62. The lowest BCUT2D eigenvalue weighted by Crippen LogP contribution is -2.45. The number of amides is 1. The molecular formula is C11H22N2O2. The first kappa shape index (κ1) is 12.3. The minimum Gasteiger partial charge on any atom is -0.447 e. The van der Waals surface area contributed by atoms with E-state index in [2.05, 4.69) is 19.0 Å².